The number of amides is 1. The quantitative estimate of drug-likeness (QED) is 0.546. The molecular formula is C21H16N2O3S. The summed E-state index contributed by atoms with van der Waals surface area (Å²) in [5.74, 6) is -0.865. The molecule has 0 saturated carbocycles. The molecule has 0 saturated heterocycles. The number of anilines is 3. The minimum absolute atomic E-state index is 0.306. The number of hydrogen-bond acceptors (Lipinski definition) is 5. The number of esters is 1. The SMILES string of the molecule is Nc1ccc(C(=O)OCC(=O)N2c3ccccc3Sc3ccccc32)cc1. The van der Waals surface area contributed by atoms with Gasteiger partial charge in [-0.1, -0.05) is 36.0 Å². The number of rotatable bonds is 3. The maximum absolute atomic E-state index is 12.9. The van der Waals surface area contributed by atoms with Gasteiger partial charge in [0.15, 0.2) is 6.61 Å². The number of benzene rings is 3. The maximum atomic E-state index is 12.9. The molecule has 0 radical (unpaired) electrons. The molecular weight excluding hydrogens is 360 g/mol. The predicted octanol–water partition coefficient (Wildman–Crippen LogP) is 4.26. The third-order valence-corrected chi connectivity index (χ3v) is 5.29. The van der Waals surface area contributed by atoms with Crippen molar-refractivity contribution in [3.63, 3.8) is 0 Å². The summed E-state index contributed by atoms with van der Waals surface area (Å²) in [5, 5.41) is 0. The molecule has 3 aromatic carbocycles. The topological polar surface area (TPSA) is 72.6 Å². The van der Waals surface area contributed by atoms with Crippen LogP contribution >= 0.6 is 11.8 Å². The number of ether oxygens (including phenoxy) is 1. The van der Waals surface area contributed by atoms with E-state index in [1.54, 1.807) is 40.9 Å². The number of para-hydroxylation sites is 2. The van der Waals surface area contributed by atoms with Crippen LogP contribution in [-0.4, -0.2) is 18.5 Å². The molecule has 2 N–H and O–H groups in total. The molecule has 0 bridgehead atoms. The van der Waals surface area contributed by atoms with E-state index in [1.165, 1.54) is 0 Å². The normalized spacial score (nSPS) is 12.1. The summed E-state index contributed by atoms with van der Waals surface area (Å²) in [6.45, 7) is -0.351. The van der Waals surface area contributed by atoms with Crippen LogP contribution in [0.5, 0.6) is 0 Å². The summed E-state index contributed by atoms with van der Waals surface area (Å²) < 4.78 is 5.24. The van der Waals surface area contributed by atoms with Gasteiger partial charge >= 0.3 is 5.97 Å². The molecule has 0 fully saturated rings. The van der Waals surface area contributed by atoms with Crippen molar-refractivity contribution in [2.45, 2.75) is 9.79 Å². The molecule has 6 heteroatoms. The van der Waals surface area contributed by atoms with E-state index in [0.717, 1.165) is 21.2 Å². The molecule has 1 aliphatic rings. The lowest BCUT2D eigenvalue weighted by molar-refractivity contribution is -0.121. The number of carbonyl (C=O) groups is 2. The van der Waals surface area contributed by atoms with E-state index < -0.39 is 5.97 Å². The Morgan fingerprint density at radius 2 is 1.41 bits per heavy atom. The number of hydrogen-bond donors (Lipinski definition) is 1. The third-order valence-electron chi connectivity index (χ3n) is 4.15. The number of nitrogens with two attached hydrogens (primary N) is 1. The number of nitrogens with zero attached hydrogens (tertiary/aromatic N) is 1. The van der Waals surface area contributed by atoms with Crippen molar-refractivity contribution in [1.82, 2.24) is 0 Å². The Labute approximate surface area is 160 Å². The van der Waals surface area contributed by atoms with Gasteiger partial charge in [-0.15, -0.1) is 0 Å². The minimum atomic E-state index is -0.559. The average Bonchev–Trinajstić information content (AvgIpc) is 2.70. The second-order valence-corrected chi connectivity index (χ2v) is 7.05. The number of carbonyl (C=O) groups excluding carboxylic acids is 2. The lowest BCUT2D eigenvalue weighted by atomic mass is 10.2. The Morgan fingerprint density at radius 3 is 2.00 bits per heavy atom. The third kappa shape index (κ3) is 3.39. The smallest absolute Gasteiger partial charge is 0.338 e. The second kappa shape index (κ2) is 7.17. The van der Waals surface area contributed by atoms with Gasteiger partial charge in [0, 0.05) is 15.5 Å². The summed E-state index contributed by atoms with van der Waals surface area (Å²) in [4.78, 5) is 28.7. The van der Waals surface area contributed by atoms with Gasteiger partial charge in [-0.25, -0.2) is 4.79 Å². The van der Waals surface area contributed by atoms with Crippen molar-refractivity contribution in [3.05, 3.63) is 78.4 Å². The summed E-state index contributed by atoms with van der Waals surface area (Å²) in [5.41, 5.74) is 8.11. The Hall–Kier alpha value is -3.25. The molecule has 0 spiro atoms. The summed E-state index contributed by atoms with van der Waals surface area (Å²) in [6.07, 6.45) is 0. The molecule has 1 heterocycles. The molecule has 4 rings (SSSR count). The van der Waals surface area contributed by atoms with Crippen LogP contribution in [0, 0.1) is 0 Å². The molecule has 0 aromatic heterocycles. The van der Waals surface area contributed by atoms with Crippen LogP contribution in [0.4, 0.5) is 17.1 Å². The Kier molecular flexibility index (Phi) is 4.56. The first-order valence-electron chi connectivity index (χ1n) is 8.35. The van der Waals surface area contributed by atoms with Gasteiger partial charge in [-0.2, -0.15) is 0 Å². The first kappa shape index (κ1) is 17.2. The van der Waals surface area contributed by atoms with Crippen molar-refractivity contribution < 1.29 is 14.3 Å². The zero-order valence-corrected chi connectivity index (χ0v) is 15.1. The molecule has 0 unspecified atom stereocenters. The van der Waals surface area contributed by atoms with Gasteiger partial charge in [-0.3, -0.25) is 9.69 Å². The highest BCUT2D eigenvalue weighted by atomic mass is 32.2. The van der Waals surface area contributed by atoms with Crippen molar-refractivity contribution in [1.29, 1.82) is 0 Å². The zero-order valence-electron chi connectivity index (χ0n) is 14.3. The maximum Gasteiger partial charge on any atom is 0.338 e. The van der Waals surface area contributed by atoms with Gasteiger partial charge in [0.2, 0.25) is 0 Å². The van der Waals surface area contributed by atoms with E-state index in [0.29, 0.717) is 11.3 Å². The van der Waals surface area contributed by atoms with Gasteiger partial charge < -0.3 is 10.5 Å². The minimum Gasteiger partial charge on any atom is -0.452 e. The molecule has 5 nitrogen and oxygen atoms in total. The summed E-state index contributed by atoms with van der Waals surface area (Å²) in [7, 11) is 0. The van der Waals surface area contributed by atoms with Crippen LogP contribution in [-0.2, 0) is 9.53 Å². The molecule has 1 amide bonds. The molecule has 3 aromatic rings. The zero-order chi connectivity index (χ0) is 18.8. The molecule has 1 aliphatic heterocycles. The molecule has 0 aliphatic carbocycles. The standard InChI is InChI=1S/C21H16N2O3S/c22-15-11-9-14(10-12-15)21(25)26-13-20(24)23-16-5-1-3-7-18(16)27-19-8-4-2-6-17(19)23/h1-12H,13,22H2. The van der Waals surface area contributed by atoms with E-state index in [9.17, 15) is 9.59 Å². The van der Waals surface area contributed by atoms with E-state index in [2.05, 4.69) is 0 Å². The first-order chi connectivity index (χ1) is 13.1. The Balaban J connectivity index is 1.57. The first-order valence-corrected chi connectivity index (χ1v) is 9.16. The largest absolute Gasteiger partial charge is 0.452 e. The molecule has 134 valence electrons. The lowest BCUT2D eigenvalue weighted by Crippen LogP contribution is -2.32. The molecule has 0 atom stereocenters. The van der Waals surface area contributed by atoms with Crippen molar-refractivity contribution in [2.24, 2.45) is 0 Å². The highest BCUT2D eigenvalue weighted by Crippen LogP contribution is 2.47. The van der Waals surface area contributed by atoms with Crippen LogP contribution in [0.25, 0.3) is 0 Å². The second-order valence-electron chi connectivity index (χ2n) is 5.96. The fourth-order valence-electron chi connectivity index (χ4n) is 2.87. The van der Waals surface area contributed by atoms with E-state index in [-0.39, 0.29) is 12.5 Å². The number of fused-ring (bicyclic) bond motifs is 2. The van der Waals surface area contributed by atoms with Crippen LogP contribution in [0.1, 0.15) is 10.4 Å². The fraction of sp³-hybridized carbons (Fsp3) is 0.0476. The van der Waals surface area contributed by atoms with Crippen LogP contribution in [0.15, 0.2) is 82.6 Å². The van der Waals surface area contributed by atoms with Crippen LogP contribution < -0.4 is 10.6 Å². The fourth-order valence-corrected chi connectivity index (χ4v) is 3.93. The van der Waals surface area contributed by atoms with Gasteiger partial charge in [0.25, 0.3) is 5.91 Å². The average molecular weight is 376 g/mol. The summed E-state index contributed by atoms with van der Waals surface area (Å²) in [6, 6.07) is 21.7. The Morgan fingerprint density at radius 1 is 0.852 bits per heavy atom. The predicted molar refractivity (Wildman–Crippen MR) is 105 cm³/mol. The van der Waals surface area contributed by atoms with Gasteiger partial charge in [-0.05, 0) is 48.5 Å². The van der Waals surface area contributed by atoms with Crippen LogP contribution in [0.3, 0.4) is 0 Å². The summed E-state index contributed by atoms with van der Waals surface area (Å²) >= 11 is 1.61. The highest BCUT2D eigenvalue weighted by Gasteiger charge is 2.28. The van der Waals surface area contributed by atoms with E-state index in [1.807, 2.05) is 48.5 Å². The highest BCUT2D eigenvalue weighted by molar-refractivity contribution is 7.99. The monoisotopic (exact) mass is 376 g/mol. The van der Waals surface area contributed by atoms with Gasteiger partial charge in [0.05, 0.1) is 16.9 Å². The lowest BCUT2D eigenvalue weighted by Gasteiger charge is -2.30. The van der Waals surface area contributed by atoms with Crippen molar-refractivity contribution in [3.8, 4) is 0 Å². The van der Waals surface area contributed by atoms with E-state index >= 15 is 0 Å². The van der Waals surface area contributed by atoms with E-state index in [4.69, 9.17) is 10.5 Å². The Bertz CT molecular complexity index is 972. The van der Waals surface area contributed by atoms with Crippen molar-refractivity contribution >= 4 is 40.7 Å². The van der Waals surface area contributed by atoms with Gasteiger partial charge in [0.1, 0.15) is 0 Å². The van der Waals surface area contributed by atoms with Crippen molar-refractivity contribution in [2.75, 3.05) is 17.2 Å². The molecule has 27 heavy (non-hydrogen) atoms. The van der Waals surface area contributed by atoms with Crippen LogP contribution in [0.2, 0.25) is 0 Å². The number of nitrogen functional groups attached to an aromatic ring is 1.